The lowest BCUT2D eigenvalue weighted by atomic mass is 10.4. The van der Waals surface area contributed by atoms with Crippen LogP contribution in [0.2, 0.25) is 0 Å². The fourth-order valence-electron chi connectivity index (χ4n) is 1.00. The lowest BCUT2D eigenvalue weighted by Crippen LogP contribution is -2.25. The SMILES string of the molecule is CC(CNc1cnn(C)c(=O)c1Br)S(C)=O. The second-order valence-electron chi connectivity index (χ2n) is 3.49. The van der Waals surface area contributed by atoms with Crippen LogP contribution in [-0.2, 0) is 17.8 Å². The van der Waals surface area contributed by atoms with Gasteiger partial charge in [-0.2, -0.15) is 5.10 Å². The molecular weight excluding hydrogens is 294 g/mol. The molecule has 0 radical (unpaired) electrons. The van der Waals surface area contributed by atoms with Crippen LogP contribution < -0.4 is 10.9 Å². The minimum absolute atomic E-state index is 0.0240. The van der Waals surface area contributed by atoms with Crippen molar-refractivity contribution in [3.8, 4) is 0 Å². The van der Waals surface area contributed by atoms with Crippen molar-refractivity contribution in [2.75, 3.05) is 18.1 Å². The molecule has 0 aliphatic heterocycles. The molecule has 1 aromatic rings. The maximum Gasteiger partial charge on any atom is 0.282 e. The van der Waals surface area contributed by atoms with E-state index in [0.717, 1.165) is 0 Å². The van der Waals surface area contributed by atoms with Gasteiger partial charge in [0.1, 0.15) is 4.47 Å². The Morgan fingerprint density at radius 3 is 2.88 bits per heavy atom. The summed E-state index contributed by atoms with van der Waals surface area (Å²) in [7, 11) is 0.702. The van der Waals surface area contributed by atoms with E-state index < -0.39 is 10.8 Å². The van der Waals surface area contributed by atoms with Gasteiger partial charge in [-0.05, 0) is 22.9 Å². The molecule has 2 unspecified atom stereocenters. The maximum atomic E-state index is 11.5. The Morgan fingerprint density at radius 2 is 2.31 bits per heavy atom. The van der Waals surface area contributed by atoms with E-state index in [1.54, 1.807) is 19.5 Å². The van der Waals surface area contributed by atoms with Crippen LogP contribution in [0.3, 0.4) is 0 Å². The first-order valence-corrected chi connectivity index (χ1v) is 7.12. The van der Waals surface area contributed by atoms with Gasteiger partial charge in [0.15, 0.2) is 0 Å². The predicted molar refractivity (Wildman–Crippen MR) is 69.2 cm³/mol. The Bertz CT molecular complexity index is 461. The fourth-order valence-corrected chi connectivity index (χ4v) is 1.82. The Balaban J connectivity index is 2.80. The summed E-state index contributed by atoms with van der Waals surface area (Å²) in [6, 6.07) is 0. The third kappa shape index (κ3) is 3.15. The number of rotatable bonds is 4. The number of nitrogens with zero attached hydrogens (tertiary/aromatic N) is 2. The van der Waals surface area contributed by atoms with Crippen LogP contribution >= 0.6 is 15.9 Å². The van der Waals surface area contributed by atoms with Gasteiger partial charge in [-0.3, -0.25) is 9.00 Å². The van der Waals surface area contributed by atoms with Gasteiger partial charge in [0.05, 0.1) is 11.9 Å². The predicted octanol–water partition coefficient (Wildman–Crippen LogP) is 0.722. The molecule has 0 aliphatic carbocycles. The van der Waals surface area contributed by atoms with Gasteiger partial charge >= 0.3 is 0 Å². The van der Waals surface area contributed by atoms with Crippen LogP contribution in [0.4, 0.5) is 5.69 Å². The van der Waals surface area contributed by atoms with E-state index in [9.17, 15) is 9.00 Å². The second-order valence-corrected chi connectivity index (χ2v) is 6.09. The molecule has 0 saturated carbocycles. The minimum atomic E-state index is -0.882. The monoisotopic (exact) mass is 307 g/mol. The molecule has 1 rings (SSSR count). The van der Waals surface area contributed by atoms with Crippen molar-refractivity contribution < 1.29 is 4.21 Å². The Hall–Kier alpha value is -0.690. The molecule has 7 heteroatoms. The van der Waals surface area contributed by atoms with Crippen molar-refractivity contribution >= 4 is 32.4 Å². The Kier molecular flexibility index (Phi) is 4.67. The molecule has 0 aliphatic rings. The highest BCUT2D eigenvalue weighted by Crippen LogP contribution is 2.15. The van der Waals surface area contributed by atoms with Crippen LogP contribution in [0.25, 0.3) is 0 Å². The summed E-state index contributed by atoms with van der Waals surface area (Å²) in [5.41, 5.74) is 0.427. The molecule has 0 amide bonds. The van der Waals surface area contributed by atoms with Crippen molar-refractivity contribution in [3.05, 3.63) is 21.0 Å². The summed E-state index contributed by atoms with van der Waals surface area (Å²) in [6.45, 7) is 2.42. The Labute approximate surface area is 105 Å². The van der Waals surface area contributed by atoms with Gasteiger partial charge in [0.25, 0.3) is 5.56 Å². The summed E-state index contributed by atoms with van der Waals surface area (Å²) >= 11 is 3.21. The summed E-state index contributed by atoms with van der Waals surface area (Å²) in [6.07, 6.45) is 3.22. The quantitative estimate of drug-likeness (QED) is 0.890. The molecule has 0 aromatic carbocycles. The van der Waals surface area contributed by atoms with Crippen molar-refractivity contribution in [3.63, 3.8) is 0 Å². The molecule has 1 N–H and O–H groups in total. The van der Waals surface area contributed by atoms with Gasteiger partial charge in [0, 0.05) is 35.9 Å². The van der Waals surface area contributed by atoms with Crippen LogP contribution in [0.1, 0.15) is 6.92 Å². The zero-order valence-corrected chi connectivity index (χ0v) is 11.8. The fraction of sp³-hybridized carbons (Fsp3) is 0.556. The molecule has 90 valence electrons. The van der Waals surface area contributed by atoms with Crippen LogP contribution in [0.15, 0.2) is 15.5 Å². The third-order valence-electron chi connectivity index (χ3n) is 2.22. The van der Waals surface area contributed by atoms with E-state index in [1.807, 2.05) is 6.92 Å². The normalized spacial score (nSPS) is 14.5. The number of aryl methyl sites for hydroxylation is 1. The van der Waals surface area contributed by atoms with Crippen molar-refractivity contribution in [1.29, 1.82) is 0 Å². The van der Waals surface area contributed by atoms with Crippen LogP contribution in [-0.4, -0.2) is 32.0 Å². The summed E-state index contributed by atoms with van der Waals surface area (Å²) in [5.74, 6) is 0. The first-order valence-electron chi connectivity index (χ1n) is 4.71. The number of halogens is 1. The van der Waals surface area contributed by atoms with Crippen molar-refractivity contribution in [2.45, 2.75) is 12.2 Å². The molecule has 16 heavy (non-hydrogen) atoms. The van der Waals surface area contributed by atoms with E-state index in [0.29, 0.717) is 16.7 Å². The van der Waals surface area contributed by atoms with E-state index in [1.165, 1.54) is 4.68 Å². The van der Waals surface area contributed by atoms with Crippen LogP contribution in [0.5, 0.6) is 0 Å². The average Bonchev–Trinajstić information content (AvgIpc) is 2.24. The lowest BCUT2D eigenvalue weighted by Gasteiger charge is -2.12. The van der Waals surface area contributed by atoms with Gasteiger partial charge in [0.2, 0.25) is 0 Å². The zero-order chi connectivity index (χ0) is 12.3. The van der Waals surface area contributed by atoms with Gasteiger partial charge in [-0.1, -0.05) is 0 Å². The van der Waals surface area contributed by atoms with E-state index in [2.05, 4.69) is 26.3 Å². The van der Waals surface area contributed by atoms with E-state index >= 15 is 0 Å². The first kappa shape index (κ1) is 13.4. The van der Waals surface area contributed by atoms with Gasteiger partial charge in [-0.25, -0.2) is 4.68 Å². The smallest absolute Gasteiger partial charge is 0.282 e. The number of aromatic nitrogens is 2. The number of nitrogens with one attached hydrogen (secondary N) is 1. The molecule has 0 spiro atoms. The minimum Gasteiger partial charge on any atom is -0.381 e. The first-order chi connectivity index (χ1) is 7.43. The number of anilines is 1. The van der Waals surface area contributed by atoms with Crippen molar-refractivity contribution in [1.82, 2.24) is 9.78 Å². The molecule has 2 atom stereocenters. The number of hydrogen-bond acceptors (Lipinski definition) is 4. The standard InChI is InChI=1S/C9H14BrN3O2S/c1-6(16(3)15)4-11-7-5-12-13(2)9(14)8(7)10/h5-6,11H,4H2,1-3H3. The zero-order valence-electron chi connectivity index (χ0n) is 9.36. The third-order valence-corrected chi connectivity index (χ3v) is 4.29. The largest absolute Gasteiger partial charge is 0.381 e. The molecule has 1 heterocycles. The average molecular weight is 308 g/mol. The number of hydrogen-bond donors (Lipinski definition) is 1. The van der Waals surface area contributed by atoms with Gasteiger partial charge < -0.3 is 5.32 Å². The van der Waals surface area contributed by atoms with Crippen LogP contribution in [0, 0.1) is 0 Å². The summed E-state index contributed by atoms with van der Waals surface area (Å²) < 4.78 is 12.8. The highest BCUT2D eigenvalue weighted by Gasteiger charge is 2.09. The summed E-state index contributed by atoms with van der Waals surface area (Å²) in [4.78, 5) is 11.5. The molecular formula is C9H14BrN3O2S. The summed E-state index contributed by atoms with van der Waals surface area (Å²) in [5, 5.41) is 6.97. The second kappa shape index (κ2) is 5.58. The van der Waals surface area contributed by atoms with E-state index in [-0.39, 0.29) is 10.8 Å². The van der Waals surface area contributed by atoms with Crippen molar-refractivity contribution in [2.24, 2.45) is 7.05 Å². The molecule has 5 nitrogen and oxygen atoms in total. The molecule has 0 fully saturated rings. The highest BCUT2D eigenvalue weighted by atomic mass is 79.9. The highest BCUT2D eigenvalue weighted by molar-refractivity contribution is 9.10. The topological polar surface area (TPSA) is 64.0 Å². The molecule has 0 bridgehead atoms. The lowest BCUT2D eigenvalue weighted by molar-refractivity contribution is 0.678. The Morgan fingerprint density at radius 1 is 1.69 bits per heavy atom. The molecule has 0 saturated heterocycles. The van der Waals surface area contributed by atoms with Gasteiger partial charge in [-0.15, -0.1) is 0 Å². The molecule has 1 aromatic heterocycles. The van der Waals surface area contributed by atoms with E-state index in [4.69, 9.17) is 0 Å². The maximum absolute atomic E-state index is 11.5.